The molecule has 0 spiro atoms. The molecule has 1 saturated heterocycles. The van der Waals surface area contributed by atoms with E-state index in [9.17, 15) is 9.59 Å². The Morgan fingerprint density at radius 1 is 1.03 bits per heavy atom. The molecule has 4 rings (SSSR count). The van der Waals surface area contributed by atoms with E-state index < -0.39 is 0 Å². The van der Waals surface area contributed by atoms with Gasteiger partial charge in [0, 0.05) is 24.0 Å². The summed E-state index contributed by atoms with van der Waals surface area (Å²) in [7, 11) is 1.40. The molecule has 1 aromatic heterocycles. The Kier molecular flexibility index (Phi) is 7.07. The second-order valence-electron chi connectivity index (χ2n) is 7.66. The number of nitrogens with zero attached hydrogens (tertiary/aromatic N) is 1. The molecule has 1 fully saturated rings. The fourth-order valence-corrected chi connectivity index (χ4v) is 4.77. The van der Waals surface area contributed by atoms with Crippen LogP contribution >= 0.6 is 11.3 Å². The zero-order valence-corrected chi connectivity index (χ0v) is 18.8. The van der Waals surface area contributed by atoms with E-state index in [0.717, 1.165) is 34.5 Å². The summed E-state index contributed by atoms with van der Waals surface area (Å²) in [6.07, 6.45) is 1.26. The van der Waals surface area contributed by atoms with Gasteiger partial charge in [-0.2, -0.15) is 0 Å². The highest BCUT2D eigenvalue weighted by molar-refractivity contribution is 7.18. The van der Waals surface area contributed by atoms with Crippen LogP contribution in [0.1, 0.15) is 28.1 Å². The van der Waals surface area contributed by atoms with Gasteiger partial charge in [-0.3, -0.25) is 0 Å². The van der Waals surface area contributed by atoms with Crippen molar-refractivity contribution in [2.75, 3.05) is 25.5 Å². The molecule has 0 unspecified atom stereocenters. The van der Waals surface area contributed by atoms with Crippen LogP contribution in [0.2, 0.25) is 0 Å². The van der Waals surface area contributed by atoms with Gasteiger partial charge < -0.3 is 19.7 Å². The lowest BCUT2D eigenvalue weighted by molar-refractivity contribution is 0.0607. The summed E-state index contributed by atoms with van der Waals surface area (Å²) in [5.41, 5.74) is 2.82. The lowest BCUT2D eigenvalue weighted by Gasteiger charge is -2.32. The molecule has 0 aliphatic carbocycles. The molecule has 1 aliphatic heterocycles. The van der Waals surface area contributed by atoms with Crippen molar-refractivity contribution in [3.8, 4) is 10.4 Å². The van der Waals surface area contributed by atoms with Gasteiger partial charge in [0.15, 0.2) is 0 Å². The minimum absolute atomic E-state index is 0.162. The molecular formula is C25H26N2O4S. The predicted octanol–water partition coefficient (Wildman–Crippen LogP) is 5.41. The van der Waals surface area contributed by atoms with Crippen molar-refractivity contribution in [1.82, 2.24) is 4.90 Å². The largest absolute Gasteiger partial charge is 0.465 e. The standard InChI is InChI=1S/C25H26N2O4S/c1-30-24(28)23-21(16-22(32-23)19-10-6-3-7-11-19)26-20-12-14-27(15-13-20)25(29)31-17-18-8-4-2-5-9-18/h2-11,16,20,26H,12-15,17H2,1H3. The zero-order chi connectivity index (χ0) is 22.3. The fourth-order valence-electron chi connectivity index (χ4n) is 3.72. The van der Waals surface area contributed by atoms with Crippen molar-refractivity contribution >= 4 is 29.1 Å². The van der Waals surface area contributed by atoms with Crippen molar-refractivity contribution in [1.29, 1.82) is 0 Å². The maximum Gasteiger partial charge on any atom is 0.410 e. The summed E-state index contributed by atoms with van der Waals surface area (Å²) in [6.45, 7) is 1.49. The first-order chi connectivity index (χ1) is 15.6. The van der Waals surface area contributed by atoms with E-state index in [-0.39, 0.29) is 24.7 Å². The first-order valence-electron chi connectivity index (χ1n) is 10.6. The zero-order valence-electron chi connectivity index (χ0n) is 18.0. The molecule has 1 N–H and O–H groups in total. The van der Waals surface area contributed by atoms with Gasteiger partial charge in [0.2, 0.25) is 0 Å². The molecule has 2 heterocycles. The van der Waals surface area contributed by atoms with Crippen molar-refractivity contribution < 1.29 is 19.1 Å². The Morgan fingerprint density at radius 3 is 2.34 bits per heavy atom. The monoisotopic (exact) mass is 450 g/mol. The highest BCUT2D eigenvalue weighted by Crippen LogP contribution is 2.36. The summed E-state index contributed by atoms with van der Waals surface area (Å²) < 4.78 is 10.4. The number of hydrogen-bond acceptors (Lipinski definition) is 6. The Balaban J connectivity index is 1.36. The number of anilines is 1. The Labute approximate surface area is 191 Å². The Hall–Kier alpha value is -3.32. The van der Waals surface area contributed by atoms with Crippen molar-refractivity contribution in [2.24, 2.45) is 0 Å². The van der Waals surface area contributed by atoms with Crippen LogP contribution in [-0.2, 0) is 16.1 Å². The van der Waals surface area contributed by atoms with Crippen LogP contribution in [0.5, 0.6) is 0 Å². The normalized spacial score (nSPS) is 14.1. The average molecular weight is 451 g/mol. The van der Waals surface area contributed by atoms with E-state index in [1.807, 2.05) is 66.7 Å². The van der Waals surface area contributed by atoms with E-state index in [1.54, 1.807) is 4.90 Å². The van der Waals surface area contributed by atoms with Crippen LogP contribution in [0, 0.1) is 0 Å². The second kappa shape index (κ2) is 10.3. The van der Waals surface area contributed by atoms with Gasteiger partial charge in [0.1, 0.15) is 11.5 Å². The number of ether oxygens (including phenoxy) is 2. The summed E-state index contributed by atoms with van der Waals surface area (Å²) in [5, 5.41) is 3.50. The fraction of sp³-hybridized carbons (Fsp3) is 0.280. The topological polar surface area (TPSA) is 67.9 Å². The Morgan fingerprint density at radius 2 is 1.69 bits per heavy atom. The smallest absolute Gasteiger partial charge is 0.410 e. The molecule has 0 atom stereocenters. The van der Waals surface area contributed by atoms with E-state index in [0.29, 0.717) is 18.0 Å². The lowest BCUT2D eigenvalue weighted by Crippen LogP contribution is -2.42. The van der Waals surface area contributed by atoms with Crippen LogP contribution in [0.4, 0.5) is 10.5 Å². The highest BCUT2D eigenvalue weighted by atomic mass is 32.1. The van der Waals surface area contributed by atoms with Gasteiger partial charge in [-0.1, -0.05) is 60.7 Å². The molecule has 3 aromatic rings. The first-order valence-corrected chi connectivity index (χ1v) is 11.5. The van der Waals surface area contributed by atoms with Gasteiger partial charge in [0.25, 0.3) is 0 Å². The molecule has 166 valence electrons. The van der Waals surface area contributed by atoms with Gasteiger partial charge in [-0.05, 0) is 30.0 Å². The van der Waals surface area contributed by atoms with Crippen LogP contribution in [-0.4, -0.2) is 43.2 Å². The number of nitrogens with one attached hydrogen (secondary N) is 1. The van der Waals surface area contributed by atoms with E-state index >= 15 is 0 Å². The van der Waals surface area contributed by atoms with Crippen molar-refractivity contribution in [2.45, 2.75) is 25.5 Å². The third-order valence-corrected chi connectivity index (χ3v) is 6.64. The molecular weight excluding hydrogens is 424 g/mol. The summed E-state index contributed by atoms with van der Waals surface area (Å²) in [5.74, 6) is -0.346. The number of carbonyl (C=O) groups excluding carboxylic acids is 2. The highest BCUT2D eigenvalue weighted by Gasteiger charge is 2.26. The molecule has 1 amide bonds. The van der Waals surface area contributed by atoms with Crippen LogP contribution in [0.3, 0.4) is 0 Å². The number of methoxy groups -OCH3 is 1. The molecule has 2 aromatic carbocycles. The number of thiophene rings is 1. The van der Waals surface area contributed by atoms with Crippen LogP contribution in [0.25, 0.3) is 10.4 Å². The number of likely N-dealkylation sites (tertiary alicyclic amines) is 1. The maximum absolute atomic E-state index is 12.4. The molecule has 6 nitrogen and oxygen atoms in total. The number of piperidine rings is 1. The summed E-state index contributed by atoms with van der Waals surface area (Å²) in [4.78, 5) is 28.0. The molecule has 0 radical (unpaired) electrons. The van der Waals surface area contributed by atoms with Crippen LogP contribution < -0.4 is 5.32 Å². The third kappa shape index (κ3) is 5.29. The number of rotatable bonds is 6. The second-order valence-corrected chi connectivity index (χ2v) is 8.71. The van der Waals surface area contributed by atoms with Gasteiger partial charge in [-0.15, -0.1) is 11.3 Å². The number of esters is 1. The SMILES string of the molecule is COC(=O)c1sc(-c2ccccc2)cc1NC1CCN(C(=O)OCc2ccccc2)CC1. The lowest BCUT2D eigenvalue weighted by atomic mass is 10.0. The number of carbonyl (C=O) groups is 2. The molecule has 1 aliphatic rings. The van der Waals surface area contributed by atoms with Crippen molar-refractivity contribution in [3.05, 3.63) is 77.2 Å². The van der Waals surface area contributed by atoms with E-state index in [1.165, 1.54) is 18.4 Å². The molecule has 7 heteroatoms. The first kappa shape index (κ1) is 21.9. The minimum atomic E-state index is -0.346. The molecule has 0 bridgehead atoms. The summed E-state index contributed by atoms with van der Waals surface area (Å²) in [6, 6.07) is 21.8. The number of hydrogen-bond donors (Lipinski definition) is 1. The minimum Gasteiger partial charge on any atom is -0.465 e. The number of amides is 1. The van der Waals surface area contributed by atoms with Gasteiger partial charge in [0.05, 0.1) is 12.8 Å². The van der Waals surface area contributed by atoms with Crippen LogP contribution in [0.15, 0.2) is 66.7 Å². The van der Waals surface area contributed by atoms with Gasteiger partial charge in [-0.25, -0.2) is 9.59 Å². The summed E-state index contributed by atoms with van der Waals surface area (Å²) >= 11 is 1.42. The number of benzene rings is 2. The van der Waals surface area contributed by atoms with E-state index in [4.69, 9.17) is 9.47 Å². The van der Waals surface area contributed by atoms with E-state index in [2.05, 4.69) is 5.32 Å². The average Bonchev–Trinajstić information content (AvgIpc) is 3.27. The third-order valence-electron chi connectivity index (χ3n) is 5.48. The Bertz CT molecular complexity index is 1040. The predicted molar refractivity (Wildman–Crippen MR) is 126 cm³/mol. The van der Waals surface area contributed by atoms with Gasteiger partial charge >= 0.3 is 12.1 Å². The maximum atomic E-state index is 12.4. The molecule has 32 heavy (non-hydrogen) atoms. The van der Waals surface area contributed by atoms with Crippen molar-refractivity contribution in [3.63, 3.8) is 0 Å². The molecule has 0 saturated carbocycles. The quantitative estimate of drug-likeness (QED) is 0.508.